The zero-order chi connectivity index (χ0) is 23.7. The van der Waals surface area contributed by atoms with Crippen LogP contribution in [0.15, 0.2) is 0 Å². The van der Waals surface area contributed by atoms with Gasteiger partial charge in [0.2, 0.25) is 0 Å². The minimum atomic E-state index is 0.0955. The third-order valence-electron chi connectivity index (χ3n) is 12.5. The lowest BCUT2D eigenvalue weighted by atomic mass is 9.34. The van der Waals surface area contributed by atoms with E-state index in [-0.39, 0.29) is 5.41 Å². The molecule has 1 nitrogen and oxygen atoms in total. The summed E-state index contributed by atoms with van der Waals surface area (Å²) in [6, 6.07) is 0. The summed E-state index contributed by atoms with van der Waals surface area (Å²) in [4.78, 5) is 11.1. The molecule has 0 heterocycles. The SMILES string of the molecule is C#CC1(C)CCC2(C)C(C1)CC(C)(C)C1C2CC(C)(C)C2(C)C(C(C)CCC=O)CCC12. The van der Waals surface area contributed by atoms with Gasteiger partial charge in [-0.15, -0.1) is 12.3 Å². The second-order valence-corrected chi connectivity index (χ2v) is 14.8. The van der Waals surface area contributed by atoms with Crippen LogP contribution in [-0.4, -0.2) is 6.29 Å². The minimum absolute atomic E-state index is 0.0955. The Morgan fingerprint density at radius 3 is 2.28 bits per heavy atom. The molecule has 4 aliphatic rings. The number of carbonyl (C=O) groups is 1. The Labute approximate surface area is 199 Å². The topological polar surface area (TPSA) is 17.1 Å². The van der Waals surface area contributed by atoms with E-state index >= 15 is 0 Å². The normalized spacial score (nSPS) is 49.8. The minimum Gasteiger partial charge on any atom is -0.303 e. The monoisotopic (exact) mass is 438 g/mol. The first kappa shape index (κ1) is 24.4. The van der Waals surface area contributed by atoms with Crippen molar-refractivity contribution in [3.63, 3.8) is 0 Å². The molecule has 0 aromatic rings. The van der Waals surface area contributed by atoms with Gasteiger partial charge < -0.3 is 4.79 Å². The number of fused-ring (bicyclic) bond motifs is 5. The van der Waals surface area contributed by atoms with E-state index in [1.54, 1.807) is 0 Å². The standard InChI is InChI=1S/C31H50O/c1-10-29(7)15-16-30(8)22(19-29)18-27(3,4)26-24-14-13-23(21(2)12-11-17-32)31(24,9)28(5,6)20-25(26)30/h1,17,21-26H,11-16,18-20H2,2-9H3. The first-order valence-corrected chi connectivity index (χ1v) is 13.7. The van der Waals surface area contributed by atoms with Crippen molar-refractivity contribution >= 4 is 6.29 Å². The van der Waals surface area contributed by atoms with E-state index in [4.69, 9.17) is 6.42 Å². The molecule has 1 heteroatoms. The number of rotatable bonds is 4. The highest BCUT2D eigenvalue weighted by atomic mass is 16.1. The zero-order valence-electron chi connectivity index (χ0n) is 22.4. The van der Waals surface area contributed by atoms with E-state index in [0.717, 1.165) is 48.7 Å². The highest BCUT2D eigenvalue weighted by Crippen LogP contribution is 2.76. The molecule has 0 aromatic carbocycles. The van der Waals surface area contributed by atoms with Crippen LogP contribution in [-0.2, 0) is 4.79 Å². The van der Waals surface area contributed by atoms with Gasteiger partial charge in [0.1, 0.15) is 6.29 Å². The number of aldehydes is 1. The van der Waals surface area contributed by atoms with Gasteiger partial charge in [-0.3, -0.25) is 0 Å². The van der Waals surface area contributed by atoms with Crippen molar-refractivity contribution in [1.82, 2.24) is 0 Å². The van der Waals surface area contributed by atoms with Crippen molar-refractivity contribution < 1.29 is 4.79 Å². The van der Waals surface area contributed by atoms with Crippen molar-refractivity contribution in [2.75, 3.05) is 0 Å². The van der Waals surface area contributed by atoms with Crippen LogP contribution in [0, 0.1) is 74.9 Å². The maximum atomic E-state index is 11.1. The highest BCUT2D eigenvalue weighted by molar-refractivity contribution is 5.49. The Bertz CT molecular complexity index is 785. The first-order valence-electron chi connectivity index (χ1n) is 13.7. The Balaban J connectivity index is 1.73. The van der Waals surface area contributed by atoms with E-state index in [9.17, 15) is 4.79 Å². The molecule has 9 unspecified atom stereocenters. The van der Waals surface area contributed by atoms with Gasteiger partial charge in [-0.1, -0.05) is 48.5 Å². The number of hydrogen-bond acceptors (Lipinski definition) is 1. The molecule has 0 aliphatic heterocycles. The second-order valence-electron chi connectivity index (χ2n) is 14.8. The molecule has 0 spiro atoms. The van der Waals surface area contributed by atoms with E-state index in [2.05, 4.69) is 61.3 Å². The molecule has 0 aromatic heterocycles. The van der Waals surface area contributed by atoms with E-state index < -0.39 is 0 Å². The maximum Gasteiger partial charge on any atom is 0.120 e. The molecule has 0 bridgehead atoms. The summed E-state index contributed by atoms with van der Waals surface area (Å²) in [6.07, 6.45) is 18.2. The van der Waals surface area contributed by atoms with Crippen LogP contribution in [0.4, 0.5) is 0 Å². The Hall–Kier alpha value is -0.770. The Morgan fingerprint density at radius 1 is 0.969 bits per heavy atom. The third-order valence-corrected chi connectivity index (χ3v) is 12.5. The maximum absolute atomic E-state index is 11.1. The molecule has 180 valence electrons. The predicted molar refractivity (Wildman–Crippen MR) is 135 cm³/mol. The lowest BCUT2D eigenvalue weighted by Crippen LogP contribution is -2.63. The zero-order valence-corrected chi connectivity index (χ0v) is 22.4. The fourth-order valence-corrected chi connectivity index (χ4v) is 10.4. The molecular weight excluding hydrogens is 388 g/mol. The summed E-state index contributed by atoms with van der Waals surface area (Å²) < 4.78 is 0. The molecular formula is C31H50O. The molecule has 4 aliphatic carbocycles. The van der Waals surface area contributed by atoms with Gasteiger partial charge in [0.15, 0.2) is 0 Å². The highest BCUT2D eigenvalue weighted by Gasteiger charge is 2.69. The summed E-state index contributed by atoms with van der Waals surface area (Å²) in [5.41, 5.74) is 1.63. The van der Waals surface area contributed by atoms with Gasteiger partial charge in [0, 0.05) is 11.8 Å². The summed E-state index contributed by atoms with van der Waals surface area (Å²) in [5.74, 6) is 7.81. The fourth-order valence-electron chi connectivity index (χ4n) is 10.4. The van der Waals surface area contributed by atoms with Crippen LogP contribution in [0.2, 0.25) is 0 Å². The van der Waals surface area contributed by atoms with Crippen molar-refractivity contribution in [3.8, 4) is 12.3 Å². The summed E-state index contributed by atoms with van der Waals surface area (Å²) in [7, 11) is 0. The van der Waals surface area contributed by atoms with E-state index in [0.29, 0.717) is 27.6 Å². The van der Waals surface area contributed by atoms with Crippen molar-refractivity contribution in [2.45, 2.75) is 113 Å². The second kappa shape index (κ2) is 7.62. The van der Waals surface area contributed by atoms with Crippen LogP contribution in [0.5, 0.6) is 0 Å². The van der Waals surface area contributed by atoms with Crippen LogP contribution in [0.3, 0.4) is 0 Å². The molecule has 32 heavy (non-hydrogen) atoms. The van der Waals surface area contributed by atoms with Crippen molar-refractivity contribution in [1.29, 1.82) is 0 Å². The van der Waals surface area contributed by atoms with Crippen molar-refractivity contribution in [2.24, 2.45) is 62.6 Å². The predicted octanol–water partition coefficient (Wildman–Crippen LogP) is 8.17. The van der Waals surface area contributed by atoms with Gasteiger partial charge >= 0.3 is 0 Å². The Morgan fingerprint density at radius 2 is 1.66 bits per heavy atom. The Kier molecular flexibility index (Phi) is 5.80. The number of terminal acetylenes is 1. The molecule has 9 atom stereocenters. The quantitative estimate of drug-likeness (QED) is 0.319. The molecule has 4 fully saturated rings. The molecule has 0 radical (unpaired) electrons. The third kappa shape index (κ3) is 3.28. The lowest BCUT2D eigenvalue weighted by molar-refractivity contribution is -0.216. The van der Waals surface area contributed by atoms with Gasteiger partial charge in [0.25, 0.3) is 0 Å². The number of carbonyl (C=O) groups excluding carboxylic acids is 1. The first-order chi connectivity index (χ1) is 14.8. The van der Waals surface area contributed by atoms with Crippen molar-refractivity contribution in [3.05, 3.63) is 0 Å². The van der Waals surface area contributed by atoms with Crippen LogP contribution < -0.4 is 0 Å². The summed E-state index contributed by atoms with van der Waals surface area (Å²) in [5, 5.41) is 0. The van der Waals surface area contributed by atoms with E-state index in [1.807, 2.05) is 0 Å². The summed E-state index contributed by atoms with van der Waals surface area (Å²) >= 11 is 0. The molecule has 0 N–H and O–H groups in total. The van der Waals surface area contributed by atoms with Gasteiger partial charge in [-0.2, -0.15) is 0 Å². The largest absolute Gasteiger partial charge is 0.303 e. The molecule has 4 saturated carbocycles. The smallest absolute Gasteiger partial charge is 0.120 e. The van der Waals surface area contributed by atoms with Gasteiger partial charge in [0.05, 0.1) is 0 Å². The van der Waals surface area contributed by atoms with Gasteiger partial charge in [-0.05, 0) is 115 Å². The number of hydrogen-bond donors (Lipinski definition) is 0. The molecule has 0 saturated heterocycles. The molecule has 4 rings (SSSR count). The summed E-state index contributed by atoms with van der Waals surface area (Å²) in [6.45, 7) is 20.5. The average molecular weight is 439 g/mol. The van der Waals surface area contributed by atoms with Crippen LogP contribution >= 0.6 is 0 Å². The molecule has 0 amide bonds. The lowest BCUT2D eigenvalue weighted by Gasteiger charge is -2.70. The van der Waals surface area contributed by atoms with E-state index in [1.165, 1.54) is 44.9 Å². The fraction of sp³-hybridized carbons (Fsp3) is 0.903. The average Bonchev–Trinajstić information content (AvgIpc) is 3.06. The van der Waals surface area contributed by atoms with Crippen LogP contribution in [0.1, 0.15) is 113 Å². The van der Waals surface area contributed by atoms with Crippen LogP contribution in [0.25, 0.3) is 0 Å². The van der Waals surface area contributed by atoms with Gasteiger partial charge in [-0.25, -0.2) is 0 Å².